The predicted molar refractivity (Wildman–Crippen MR) is 95.4 cm³/mol. The van der Waals surface area contributed by atoms with Gasteiger partial charge in [0, 0.05) is 12.1 Å². The lowest BCUT2D eigenvalue weighted by Gasteiger charge is -2.12. The zero-order chi connectivity index (χ0) is 18.6. The quantitative estimate of drug-likeness (QED) is 0.794. The van der Waals surface area contributed by atoms with Crippen LogP contribution in [-0.4, -0.2) is 35.0 Å². The van der Waals surface area contributed by atoms with Crippen LogP contribution in [0.1, 0.15) is 40.5 Å². The molecule has 1 amide bonds. The minimum Gasteiger partial charge on any atom is -0.465 e. The Morgan fingerprint density at radius 1 is 1.20 bits per heavy atom. The van der Waals surface area contributed by atoms with Crippen molar-refractivity contribution in [2.75, 3.05) is 12.4 Å². The van der Waals surface area contributed by atoms with Crippen molar-refractivity contribution < 1.29 is 14.3 Å². The highest BCUT2D eigenvalue weighted by Gasteiger charge is 2.13. The van der Waals surface area contributed by atoms with Crippen molar-refractivity contribution in [2.45, 2.75) is 26.8 Å². The van der Waals surface area contributed by atoms with Gasteiger partial charge in [0.2, 0.25) is 0 Å². The van der Waals surface area contributed by atoms with E-state index in [0.29, 0.717) is 27.9 Å². The lowest BCUT2D eigenvalue weighted by atomic mass is 10.2. The summed E-state index contributed by atoms with van der Waals surface area (Å²) in [5.74, 6) is 0.0537. The van der Waals surface area contributed by atoms with Crippen LogP contribution in [0.25, 0.3) is 0 Å². The number of aryl methyl sites for hydroxylation is 1. The molecule has 0 aliphatic rings. The Kier molecular flexibility index (Phi) is 5.93. The normalized spacial score (nSPS) is 10.5. The van der Waals surface area contributed by atoms with Crippen LogP contribution < -0.4 is 10.6 Å². The topological polar surface area (TPSA) is 93.2 Å². The van der Waals surface area contributed by atoms with E-state index in [1.807, 2.05) is 13.8 Å². The molecule has 0 aliphatic heterocycles. The molecule has 25 heavy (non-hydrogen) atoms. The predicted octanol–water partition coefficient (Wildman–Crippen LogP) is 3.11. The van der Waals surface area contributed by atoms with Crippen LogP contribution >= 0.6 is 11.6 Å². The Morgan fingerprint density at radius 2 is 1.92 bits per heavy atom. The van der Waals surface area contributed by atoms with Gasteiger partial charge in [-0.15, -0.1) is 0 Å². The summed E-state index contributed by atoms with van der Waals surface area (Å²) >= 11 is 6.17. The summed E-state index contributed by atoms with van der Waals surface area (Å²) in [6.45, 7) is 5.41. The van der Waals surface area contributed by atoms with Gasteiger partial charge in [0.25, 0.3) is 5.91 Å². The van der Waals surface area contributed by atoms with E-state index < -0.39 is 5.97 Å². The molecule has 0 saturated carbocycles. The number of anilines is 2. The molecule has 7 nitrogen and oxygen atoms in total. The minimum atomic E-state index is -0.476. The third kappa shape index (κ3) is 4.90. The van der Waals surface area contributed by atoms with Gasteiger partial charge >= 0.3 is 5.97 Å². The molecule has 0 atom stereocenters. The third-order valence-electron chi connectivity index (χ3n) is 3.14. The molecule has 0 aliphatic carbocycles. The second kappa shape index (κ2) is 7.94. The number of esters is 1. The van der Waals surface area contributed by atoms with E-state index in [1.54, 1.807) is 25.1 Å². The Labute approximate surface area is 150 Å². The van der Waals surface area contributed by atoms with Gasteiger partial charge in [0.1, 0.15) is 17.3 Å². The molecule has 0 spiro atoms. The van der Waals surface area contributed by atoms with Crippen molar-refractivity contribution in [2.24, 2.45) is 0 Å². The summed E-state index contributed by atoms with van der Waals surface area (Å²) in [5, 5.41) is 6.19. The maximum atomic E-state index is 12.1. The number of benzene rings is 1. The summed E-state index contributed by atoms with van der Waals surface area (Å²) < 4.78 is 4.70. The van der Waals surface area contributed by atoms with Crippen LogP contribution in [0.4, 0.5) is 11.5 Å². The number of amides is 1. The van der Waals surface area contributed by atoms with Gasteiger partial charge in [-0.2, -0.15) is 0 Å². The first-order valence-electron chi connectivity index (χ1n) is 7.61. The molecule has 0 unspecified atom stereocenters. The van der Waals surface area contributed by atoms with Crippen LogP contribution in [0.2, 0.25) is 5.02 Å². The number of carbonyl (C=O) groups excluding carboxylic acids is 2. The number of carbonyl (C=O) groups is 2. The van der Waals surface area contributed by atoms with Crippen molar-refractivity contribution in [3.63, 3.8) is 0 Å². The fourth-order valence-electron chi connectivity index (χ4n) is 2.09. The second-order valence-electron chi connectivity index (χ2n) is 5.63. The summed E-state index contributed by atoms with van der Waals surface area (Å²) in [7, 11) is 1.30. The van der Waals surface area contributed by atoms with E-state index in [1.165, 1.54) is 13.2 Å². The molecule has 2 rings (SSSR count). The molecule has 2 N–H and O–H groups in total. The van der Waals surface area contributed by atoms with Crippen LogP contribution in [-0.2, 0) is 4.74 Å². The number of rotatable bonds is 5. The fourth-order valence-corrected chi connectivity index (χ4v) is 2.25. The number of nitrogens with zero attached hydrogens (tertiary/aromatic N) is 2. The number of aromatic nitrogens is 2. The molecule has 8 heteroatoms. The smallest absolute Gasteiger partial charge is 0.337 e. The largest absolute Gasteiger partial charge is 0.465 e. The van der Waals surface area contributed by atoms with Gasteiger partial charge in [-0.1, -0.05) is 11.6 Å². The Bertz CT molecular complexity index is 808. The van der Waals surface area contributed by atoms with Crippen LogP contribution in [0.3, 0.4) is 0 Å². The SMILES string of the molecule is COC(=O)c1ccc(Cl)c(Nc2cc(C(=O)NC(C)C)nc(C)n2)c1. The molecule has 0 saturated heterocycles. The Hall–Kier alpha value is -2.67. The van der Waals surface area contributed by atoms with E-state index in [2.05, 4.69) is 20.6 Å². The molecular weight excluding hydrogens is 344 g/mol. The molecule has 2 aromatic rings. The summed E-state index contributed by atoms with van der Waals surface area (Å²) in [6.07, 6.45) is 0. The van der Waals surface area contributed by atoms with E-state index in [4.69, 9.17) is 16.3 Å². The first kappa shape index (κ1) is 18.7. The standard InChI is InChI=1S/C17H19ClN4O3/c1-9(2)19-16(23)14-8-15(21-10(3)20-14)22-13-7-11(17(24)25-4)5-6-12(13)18/h5-9H,1-4H3,(H,19,23)(H,20,21,22). The number of methoxy groups -OCH3 is 1. The molecule has 0 bridgehead atoms. The Balaban J connectivity index is 2.33. The zero-order valence-corrected chi connectivity index (χ0v) is 15.1. The lowest BCUT2D eigenvalue weighted by Crippen LogP contribution is -2.31. The van der Waals surface area contributed by atoms with E-state index in [-0.39, 0.29) is 17.6 Å². The van der Waals surface area contributed by atoms with Gasteiger partial charge in [0.05, 0.1) is 23.4 Å². The van der Waals surface area contributed by atoms with Crippen molar-refractivity contribution in [3.8, 4) is 0 Å². The minimum absolute atomic E-state index is 0.00892. The van der Waals surface area contributed by atoms with Crippen LogP contribution in [0, 0.1) is 6.92 Å². The van der Waals surface area contributed by atoms with Crippen LogP contribution in [0.15, 0.2) is 24.3 Å². The first-order chi connectivity index (χ1) is 11.8. The summed E-state index contributed by atoms with van der Waals surface area (Å²) in [4.78, 5) is 32.2. The molecule has 1 aromatic carbocycles. The summed E-state index contributed by atoms with van der Waals surface area (Å²) in [5.41, 5.74) is 1.06. The van der Waals surface area contributed by atoms with Gasteiger partial charge in [-0.3, -0.25) is 4.79 Å². The van der Waals surface area contributed by atoms with Gasteiger partial charge in [-0.25, -0.2) is 14.8 Å². The maximum absolute atomic E-state index is 12.1. The van der Waals surface area contributed by atoms with Crippen LogP contribution in [0.5, 0.6) is 0 Å². The van der Waals surface area contributed by atoms with Crippen molar-refractivity contribution in [3.05, 3.63) is 46.4 Å². The molecule has 132 valence electrons. The maximum Gasteiger partial charge on any atom is 0.337 e. The first-order valence-corrected chi connectivity index (χ1v) is 7.99. The Morgan fingerprint density at radius 3 is 2.56 bits per heavy atom. The average Bonchev–Trinajstić information content (AvgIpc) is 2.55. The third-order valence-corrected chi connectivity index (χ3v) is 3.47. The van der Waals surface area contributed by atoms with E-state index in [9.17, 15) is 9.59 Å². The van der Waals surface area contributed by atoms with E-state index in [0.717, 1.165) is 0 Å². The highest BCUT2D eigenvalue weighted by molar-refractivity contribution is 6.33. The zero-order valence-electron chi connectivity index (χ0n) is 14.4. The second-order valence-corrected chi connectivity index (χ2v) is 6.03. The highest BCUT2D eigenvalue weighted by atomic mass is 35.5. The molecule has 1 heterocycles. The number of halogens is 1. The monoisotopic (exact) mass is 362 g/mol. The van der Waals surface area contributed by atoms with Gasteiger partial charge < -0.3 is 15.4 Å². The number of nitrogens with one attached hydrogen (secondary N) is 2. The molecule has 1 aromatic heterocycles. The van der Waals surface area contributed by atoms with Crippen molar-refractivity contribution in [1.82, 2.24) is 15.3 Å². The molecule has 0 fully saturated rings. The average molecular weight is 363 g/mol. The molecule has 0 radical (unpaired) electrons. The fraction of sp³-hybridized carbons (Fsp3) is 0.294. The van der Waals surface area contributed by atoms with Crippen molar-refractivity contribution >= 4 is 35.0 Å². The number of hydrogen-bond acceptors (Lipinski definition) is 6. The van der Waals surface area contributed by atoms with Gasteiger partial charge in [-0.05, 0) is 39.0 Å². The number of ether oxygens (including phenoxy) is 1. The van der Waals surface area contributed by atoms with Gasteiger partial charge in [0.15, 0.2) is 0 Å². The highest BCUT2D eigenvalue weighted by Crippen LogP contribution is 2.26. The summed E-state index contributed by atoms with van der Waals surface area (Å²) in [6, 6.07) is 6.21. The lowest BCUT2D eigenvalue weighted by molar-refractivity contribution is 0.0600. The van der Waals surface area contributed by atoms with E-state index >= 15 is 0 Å². The number of hydrogen-bond donors (Lipinski definition) is 2. The van der Waals surface area contributed by atoms with Crippen molar-refractivity contribution in [1.29, 1.82) is 0 Å². The molecular formula is C17H19ClN4O3.